The predicted octanol–water partition coefficient (Wildman–Crippen LogP) is 4.57. The van der Waals surface area contributed by atoms with Crippen molar-refractivity contribution in [3.63, 3.8) is 0 Å². The Kier molecular flexibility index (Phi) is 9.45. The maximum Gasteiger partial charge on any atom is 0.0893 e. The molecule has 1 aliphatic rings. The van der Waals surface area contributed by atoms with Crippen molar-refractivity contribution in [3.8, 4) is 0 Å². The Morgan fingerprint density at radius 2 is 1.39 bits per heavy atom. The molecule has 0 N–H and O–H groups in total. The van der Waals surface area contributed by atoms with Gasteiger partial charge in [0.15, 0.2) is 0 Å². The van der Waals surface area contributed by atoms with Crippen LogP contribution in [0, 0.1) is 0 Å². The van der Waals surface area contributed by atoms with Crippen LogP contribution in [0.3, 0.4) is 0 Å². The molecule has 3 heteroatoms. The van der Waals surface area contributed by atoms with Gasteiger partial charge in [-0.25, -0.2) is 0 Å². The maximum absolute atomic E-state index is 3.48. The van der Waals surface area contributed by atoms with E-state index in [4.69, 9.17) is 0 Å². The number of hydrogen-bond donors (Lipinski definition) is 0. The molecule has 0 bridgehead atoms. The normalized spacial score (nSPS) is 14.8. The minimum absolute atomic E-state index is 1.11. The van der Waals surface area contributed by atoms with Crippen molar-refractivity contribution in [1.29, 1.82) is 0 Å². The molecule has 1 rings (SSSR count). The number of rotatable bonds is 11. The van der Waals surface area contributed by atoms with Crippen LogP contribution < -0.4 is 0 Å². The minimum atomic E-state index is 1.11. The fourth-order valence-corrected chi connectivity index (χ4v) is 2.71. The zero-order valence-electron chi connectivity index (χ0n) is 11.9. The summed E-state index contributed by atoms with van der Waals surface area (Å²) in [6.45, 7) is 5.82. The molecule has 2 nitrogen and oxygen atoms in total. The number of alkyl halides is 1. The topological polar surface area (TPSA) is 6.48 Å². The van der Waals surface area contributed by atoms with Crippen molar-refractivity contribution >= 4 is 15.9 Å². The standard InChI is InChI=1S/C15H29BrN2/c1-2-3-4-5-6-8-11-17-13-14-18(15-17)12-9-7-10-16/h13-14H,2-12,15H2,1H3. The Morgan fingerprint density at radius 3 is 2.00 bits per heavy atom. The fraction of sp³-hybridized carbons (Fsp3) is 0.867. The van der Waals surface area contributed by atoms with Crippen LogP contribution in [-0.2, 0) is 0 Å². The number of hydrogen-bond acceptors (Lipinski definition) is 2. The van der Waals surface area contributed by atoms with Crippen molar-refractivity contribution < 1.29 is 0 Å². The summed E-state index contributed by atoms with van der Waals surface area (Å²) in [4.78, 5) is 4.88. The third kappa shape index (κ3) is 7.30. The van der Waals surface area contributed by atoms with E-state index in [1.807, 2.05) is 0 Å². The van der Waals surface area contributed by atoms with E-state index < -0.39 is 0 Å². The van der Waals surface area contributed by atoms with Crippen LogP contribution in [0.25, 0.3) is 0 Å². The third-order valence-corrected chi connectivity index (χ3v) is 4.04. The SMILES string of the molecule is CCCCCCCCN1C=CN(CCCCBr)C1. The highest BCUT2D eigenvalue weighted by atomic mass is 79.9. The summed E-state index contributed by atoms with van der Waals surface area (Å²) in [6, 6.07) is 0. The molecular formula is C15H29BrN2. The summed E-state index contributed by atoms with van der Waals surface area (Å²) in [5, 5.41) is 1.13. The molecule has 0 spiro atoms. The van der Waals surface area contributed by atoms with E-state index in [9.17, 15) is 0 Å². The molecule has 0 aromatic heterocycles. The third-order valence-electron chi connectivity index (χ3n) is 3.48. The Labute approximate surface area is 122 Å². The van der Waals surface area contributed by atoms with Crippen LogP contribution in [0.1, 0.15) is 58.3 Å². The Bertz CT molecular complexity index is 219. The molecule has 0 atom stereocenters. The molecule has 106 valence electrons. The summed E-state index contributed by atoms with van der Waals surface area (Å²) < 4.78 is 0. The second-order valence-corrected chi connectivity index (χ2v) is 6.02. The van der Waals surface area contributed by atoms with Gasteiger partial charge in [0.2, 0.25) is 0 Å². The molecule has 0 amide bonds. The smallest absolute Gasteiger partial charge is 0.0893 e. The summed E-state index contributed by atoms with van der Waals surface area (Å²) in [5.74, 6) is 0. The largest absolute Gasteiger partial charge is 0.359 e. The number of halogens is 1. The summed E-state index contributed by atoms with van der Waals surface area (Å²) in [6.07, 6.45) is 15.4. The summed E-state index contributed by atoms with van der Waals surface area (Å²) in [5.41, 5.74) is 0. The fourth-order valence-electron chi connectivity index (χ4n) is 2.31. The lowest BCUT2D eigenvalue weighted by molar-refractivity contribution is 0.258. The van der Waals surface area contributed by atoms with Gasteiger partial charge in [-0.2, -0.15) is 0 Å². The zero-order chi connectivity index (χ0) is 13.1. The van der Waals surface area contributed by atoms with E-state index in [1.165, 1.54) is 64.5 Å². The molecule has 0 unspecified atom stereocenters. The molecule has 0 aromatic carbocycles. The van der Waals surface area contributed by atoms with Gasteiger partial charge in [0.1, 0.15) is 0 Å². The highest BCUT2D eigenvalue weighted by molar-refractivity contribution is 9.09. The lowest BCUT2D eigenvalue weighted by atomic mass is 10.1. The van der Waals surface area contributed by atoms with Crippen LogP contribution in [0.4, 0.5) is 0 Å². The van der Waals surface area contributed by atoms with Crippen molar-refractivity contribution in [1.82, 2.24) is 9.80 Å². The lowest BCUT2D eigenvalue weighted by Gasteiger charge is -2.21. The highest BCUT2D eigenvalue weighted by Crippen LogP contribution is 2.11. The molecule has 0 radical (unpaired) electrons. The Balaban J connectivity index is 1.93. The number of nitrogens with zero attached hydrogens (tertiary/aromatic N) is 2. The Hall–Kier alpha value is -0.180. The first kappa shape index (κ1) is 15.9. The molecule has 0 aliphatic carbocycles. The van der Waals surface area contributed by atoms with Crippen LogP contribution in [0.2, 0.25) is 0 Å². The van der Waals surface area contributed by atoms with Gasteiger partial charge < -0.3 is 9.80 Å². The van der Waals surface area contributed by atoms with Crippen molar-refractivity contribution in [2.75, 3.05) is 25.1 Å². The average Bonchev–Trinajstić information content (AvgIpc) is 2.82. The average molecular weight is 317 g/mol. The molecular weight excluding hydrogens is 288 g/mol. The van der Waals surface area contributed by atoms with Gasteiger partial charge in [-0.05, 0) is 19.3 Å². The van der Waals surface area contributed by atoms with Gasteiger partial charge in [0, 0.05) is 30.8 Å². The van der Waals surface area contributed by atoms with Gasteiger partial charge in [0.05, 0.1) is 6.67 Å². The van der Waals surface area contributed by atoms with E-state index >= 15 is 0 Å². The first-order valence-electron chi connectivity index (χ1n) is 7.59. The van der Waals surface area contributed by atoms with E-state index in [0.29, 0.717) is 0 Å². The monoisotopic (exact) mass is 316 g/mol. The quantitative estimate of drug-likeness (QED) is 0.407. The van der Waals surface area contributed by atoms with E-state index in [2.05, 4.69) is 45.1 Å². The highest BCUT2D eigenvalue weighted by Gasteiger charge is 2.10. The van der Waals surface area contributed by atoms with Crippen molar-refractivity contribution in [2.45, 2.75) is 58.3 Å². The van der Waals surface area contributed by atoms with E-state index in [1.54, 1.807) is 0 Å². The molecule has 1 aliphatic heterocycles. The second-order valence-electron chi connectivity index (χ2n) is 5.23. The molecule has 18 heavy (non-hydrogen) atoms. The van der Waals surface area contributed by atoms with Gasteiger partial charge in [-0.3, -0.25) is 0 Å². The molecule has 0 saturated heterocycles. The lowest BCUT2D eigenvalue weighted by Crippen LogP contribution is -2.26. The van der Waals surface area contributed by atoms with E-state index in [-0.39, 0.29) is 0 Å². The molecule has 0 fully saturated rings. The van der Waals surface area contributed by atoms with Crippen LogP contribution >= 0.6 is 15.9 Å². The first-order valence-corrected chi connectivity index (χ1v) is 8.71. The van der Waals surface area contributed by atoms with Gasteiger partial charge in [-0.15, -0.1) is 0 Å². The first-order chi connectivity index (χ1) is 8.86. The maximum atomic E-state index is 3.48. The summed E-state index contributed by atoms with van der Waals surface area (Å²) in [7, 11) is 0. The predicted molar refractivity (Wildman–Crippen MR) is 83.8 cm³/mol. The number of unbranched alkanes of at least 4 members (excludes halogenated alkanes) is 6. The molecule has 0 aromatic rings. The van der Waals surface area contributed by atoms with Gasteiger partial charge >= 0.3 is 0 Å². The minimum Gasteiger partial charge on any atom is -0.359 e. The molecule has 1 heterocycles. The van der Waals surface area contributed by atoms with Crippen LogP contribution in [0.5, 0.6) is 0 Å². The van der Waals surface area contributed by atoms with Crippen LogP contribution in [0.15, 0.2) is 12.4 Å². The van der Waals surface area contributed by atoms with Crippen LogP contribution in [-0.4, -0.2) is 34.9 Å². The second kappa shape index (κ2) is 10.7. The van der Waals surface area contributed by atoms with Gasteiger partial charge in [0.25, 0.3) is 0 Å². The van der Waals surface area contributed by atoms with Gasteiger partial charge in [-0.1, -0.05) is 55.0 Å². The summed E-state index contributed by atoms with van der Waals surface area (Å²) >= 11 is 3.48. The molecule has 0 saturated carbocycles. The van der Waals surface area contributed by atoms with Crippen molar-refractivity contribution in [3.05, 3.63) is 12.4 Å². The van der Waals surface area contributed by atoms with E-state index in [0.717, 1.165) is 12.0 Å². The van der Waals surface area contributed by atoms with Crippen molar-refractivity contribution in [2.24, 2.45) is 0 Å². The zero-order valence-corrected chi connectivity index (χ0v) is 13.5. The Morgan fingerprint density at radius 1 is 0.833 bits per heavy atom.